The molecule has 2 unspecified atom stereocenters. The van der Waals surface area contributed by atoms with Crippen molar-refractivity contribution >= 4 is 27.5 Å². The van der Waals surface area contributed by atoms with Gasteiger partial charge in [0, 0.05) is 15.5 Å². The molecule has 14 heavy (non-hydrogen) atoms. The highest BCUT2D eigenvalue weighted by Gasteiger charge is 2.25. The van der Waals surface area contributed by atoms with Gasteiger partial charge >= 0.3 is 0 Å². The van der Waals surface area contributed by atoms with Crippen LogP contribution in [-0.4, -0.2) is 6.54 Å². The Kier molecular flexibility index (Phi) is 3.15. The second-order valence-corrected chi connectivity index (χ2v) is 5.19. The summed E-state index contributed by atoms with van der Waals surface area (Å²) in [6.45, 7) is 3.36. The maximum absolute atomic E-state index is 6.18. The topological polar surface area (TPSA) is 12.0 Å². The molecule has 0 spiro atoms. The summed E-state index contributed by atoms with van der Waals surface area (Å²) >= 11 is 9.66. The average Bonchev–Trinajstić information content (AvgIpc) is 2.56. The maximum atomic E-state index is 6.18. The van der Waals surface area contributed by atoms with Crippen molar-refractivity contribution in [3.8, 4) is 0 Å². The first-order valence-corrected chi connectivity index (χ1v) is 6.04. The van der Waals surface area contributed by atoms with Gasteiger partial charge in [-0.15, -0.1) is 0 Å². The Hall–Kier alpha value is -0.0500. The zero-order valence-corrected chi connectivity index (χ0v) is 10.4. The third-order valence-corrected chi connectivity index (χ3v) is 3.66. The molecule has 0 bridgehead atoms. The van der Waals surface area contributed by atoms with E-state index in [4.69, 9.17) is 11.6 Å². The van der Waals surface area contributed by atoms with Crippen molar-refractivity contribution < 1.29 is 0 Å². The van der Waals surface area contributed by atoms with Crippen molar-refractivity contribution in [2.24, 2.45) is 5.92 Å². The van der Waals surface area contributed by atoms with E-state index in [9.17, 15) is 0 Å². The number of benzene rings is 1. The summed E-state index contributed by atoms with van der Waals surface area (Å²) in [7, 11) is 0. The van der Waals surface area contributed by atoms with Crippen molar-refractivity contribution in [1.29, 1.82) is 0 Å². The van der Waals surface area contributed by atoms with E-state index in [0.717, 1.165) is 16.0 Å². The van der Waals surface area contributed by atoms with Gasteiger partial charge in [0.25, 0.3) is 0 Å². The third-order valence-electron chi connectivity index (χ3n) is 2.83. The van der Waals surface area contributed by atoms with Crippen molar-refractivity contribution in [3.63, 3.8) is 0 Å². The van der Waals surface area contributed by atoms with Crippen molar-refractivity contribution in [2.45, 2.75) is 19.4 Å². The second-order valence-electron chi connectivity index (χ2n) is 3.86. The minimum atomic E-state index is 0.417. The number of nitrogens with one attached hydrogen (secondary N) is 1. The van der Waals surface area contributed by atoms with Gasteiger partial charge < -0.3 is 5.32 Å². The van der Waals surface area contributed by atoms with E-state index in [2.05, 4.69) is 34.2 Å². The molecule has 0 saturated carbocycles. The van der Waals surface area contributed by atoms with Gasteiger partial charge in [-0.2, -0.15) is 0 Å². The van der Waals surface area contributed by atoms with Crippen LogP contribution in [0.15, 0.2) is 22.7 Å². The molecule has 1 nitrogen and oxygen atoms in total. The molecule has 0 aromatic heterocycles. The fourth-order valence-corrected chi connectivity index (χ4v) is 2.62. The first-order valence-electron chi connectivity index (χ1n) is 4.87. The fraction of sp³-hybridized carbons (Fsp3) is 0.455. The van der Waals surface area contributed by atoms with Crippen LogP contribution in [0.25, 0.3) is 0 Å². The van der Waals surface area contributed by atoms with E-state index in [-0.39, 0.29) is 0 Å². The maximum Gasteiger partial charge on any atom is 0.0454 e. The molecule has 2 atom stereocenters. The van der Waals surface area contributed by atoms with Crippen LogP contribution in [0.5, 0.6) is 0 Å². The number of rotatable bonds is 1. The molecule has 76 valence electrons. The first kappa shape index (κ1) is 10.5. The molecule has 3 heteroatoms. The highest BCUT2D eigenvalue weighted by molar-refractivity contribution is 9.10. The van der Waals surface area contributed by atoms with Crippen molar-refractivity contribution in [3.05, 3.63) is 33.3 Å². The van der Waals surface area contributed by atoms with Crippen molar-refractivity contribution in [2.75, 3.05) is 6.54 Å². The van der Waals surface area contributed by atoms with Crippen LogP contribution in [0, 0.1) is 5.92 Å². The quantitative estimate of drug-likeness (QED) is 0.822. The lowest BCUT2D eigenvalue weighted by atomic mass is 9.96. The summed E-state index contributed by atoms with van der Waals surface area (Å²) in [6, 6.07) is 6.46. The summed E-state index contributed by atoms with van der Waals surface area (Å²) in [5.74, 6) is 0.668. The lowest BCUT2D eigenvalue weighted by Gasteiger charge is -2.17. The van der Waals surface area contributed by atoms with Crippen LogP contribution < -0.4 is 5.32 Å². The molecule has 2 rings (SSSR count). The molecule has 1 heterocycles. The van der Waals surface area contributed by atoms with E-state index < -0.39 is 0 Å². The Morgan fingerprint density at radius 3 is 2.93 bits per heavy atom. The first-order chi connectivity index (χ1) is 6.68. The molecule has 1 aliphatic rings. The van der Waals surface area contributed by atoms with Crippen molar-refractivity contribution in [1.82, 2.24) is 5.32 Å². The molecular formula is C11H13BrClN. The van der Waals surface area contributed by atoms with E-state index in [1.807, 2.05) is 12.1 Å². The van der Waals surface area contributed by atoms with Gasteiger partial charge in [-0.1, -0.05) is 34.5 Å². The third kappa shape index (κ3) is 1.97. The van der Waals surface area contributed by atoms with Gasteiger partial charge in [0.2, 0.25) is 0 Å². The van der Waals surface area contributed by atoms with E-state index in [1.165, 1.54) is 12.0 Å². The zero-order valence-electron chi connectivity index (χ0n) is 8.06. The van der Waals surface area contributed by atoms with Gasteiger partial charge in [0.05, 0.1) is 0 Å². The zero-order chi connectivity index (χ0) is 10.1. The predicted molar refractivity (Wildman–Crippen MR) is 63.7 cm³/mol. The number of hydrogen-bond acceptors (Lipinski definition) is 1. The largest absolute Gasteiger partial charge is 0.310 e. The molecule has 1 fully saturated rings. The monoisotopic (exact) mass is 273 g/mol. The van der Waals surface area contributed by atoms with E-state index in [0.29, 0.717) is 12.0 Å². The molecule has 1 aromatic carbocycles. The van der Waals surface area contributed by atoms with E-state index >= 15 is 0 Å². The SMILES string of the molecule is CC1CCNC1c1cc(Br)ccc1Cl. The Morgan fingerprint density at radius 2 is 2.29 bits per heavy atom. The Labute approximate surface area is 98.0 Å². The minimum Gasteiger partial charge on any atom is -0.310 e. The summed E-state index contributed by atoms with van der Waals surface area (Å²) in [4.78, 5) is 0. The Morgan fingerprint density at radius 1 is 1.50 bits per heavy atom. The van der Waals surface area contributed by atoms with Gasteiger partial charge in [0.1, 0.15) is 0 Å². The summed E-state index contributed by atoms with van der Waals surface area (Å²) in [5.41, 5.74) is 1.21. The number of halogens is 2. The van der Waals surface area contributed by atoms with Crippen LogP contribution >= 0.6 is 27.5 Å². The highest BCUT2D eigenvalue weighted by atomic mass is 79.9. The average molecular weight is 275 g/mol. The lowest BCUT2D eigenvalue weighted by molar-refractivity contribution is 0.504. The summed E-state index contributed by atoms with van der Waals surface area (Å²) < 4.78 is 1.10. The van der Waals surface area contributed by atoms with Gasteiger partial charge in [0.15, 0.2) is 0 Å². The molecule has 1 N–H and O–H groups in total. The van der Waals surface area contributed by atoms with Gasteiger partial charge in [-0.3, -0.25) is 0 Å². The van der Waals surface area contributed by atoms with Crippen LogP contribution in [0.1, 0.15) is 24.9 Å². The molecule has 1 saturated heterocycles. The second kappa shape index (κ2) is 4.21. The standard InChI is InChI=1S/C11H13BrClN/c1-7-4-5-14-11(7)9-6-8(12)2-3-10(9)13/h2-3,6-7,11,14H,4-5H2,1H3. The smallest absolute Gasteiger partial charge is 0.0454 e. The molecule has 1 aromatic rings. The van der Waals surface area contributed by atoms with Gasteiger partial charge in [-0.05, 0) is 42.6 Å². The lowest BCUT2D eigenvalue weighted by Crippen LogP contribution is -2.16. The molecule has 0 radical (unpaired) electrons. The van der Waals surface area contributed by atoms with Gasteiger partial charge in [-0.25, -0.2) is 0 Å². The Balaban J connectivity index is 2.34. The highest BCUT2D eigenvalue weighted by Crippen LogP contribution is 2.34. The molecule has 0 aliphatic carbocycles. The summed E-state index contributed by atoms with van der Waals surface area (Å²) in [5, 5.41) is 4.35. The summed E-state index contributed by atoms with van der Waals surface area (Å²) in [6.07, 6.45) is 1.23. The molecule has 0 amide bonds. The molecular weight excluding hydrogens is 261 g/mol. The molecule has 1 aliphatic heterocycles. The van der Waals surface area contributed by atoms with Crippen LogP contribution in [0.2, 0.25) is 5.02 Å². The fourth-order valence-electron chi connectivity index (χ4n) is 2.00. The van der Waals surface area contributed by atoms with E-state index in [1.54, 1.807) is 0 Å². The van der Waals surface area contributed by atoms with Crippen LogP contribution in [0.3, 0.4) is 0 Å². The van der Waals surface area contributed by atoms with Crippen LogP contribution in [-0.2, 0) is 0 Å². The normalized spacial score (nSPS) is 26.8. The van der Waals surface area contributed by atoms with Crippen LogP contribution in [0.4, 0.5) is 0 Å². The predicted octanol–water partition coefficient (Wildman–Crippen LogP) is 3.77. The Bertz CT molecular complexity index is 340. The number of hydrogen-bond donors (Lipinski definition) is 1. The minimum absolute atomic E-state index is 0.417.